The number of benzene rings is 2. The van der Waals surface area contributed by atoms with Gasteiger partial charge in [0.15, 0.2) is 5.82 Å². The van der Waals surface area contributed by atoms with Gasteiger partial charge in [-0.25, -0.2) is 9.67 Å². The second-order valence-electron chi connectivity index (χ2n) is 7.27. The zero-order chi connectivity index (χ0) is 21.5. The van der Waals surface area contributed by atoms with E-state index in [9.17, 15) is 0 Å². The van der Waals surface area contributed by atoms with Crippen molar-refractivity contribution in [2.45, 2.75) is 32.2 Å². The molecule has 0 amide bonds. The number of tetrazole rings is 1. The van der Waals surface area contributed by atoms with E-state index in [1.807, 2.05) is 29.0 Å². The number of aromatic amines is 1. The third kappa shape index (κ3) is 5.01. The van der Waals surface area contributed by atoms with E-state index < -0.39 is 0 Å². The molecule has 0 bridgehead atoms. The summed E-state index contributed by atoms with van der Waals surface area (Å²) in [5.41, 5.74) is 4.34. The lowest BCUT2D eigenvalue weighted by Gasteiger charge is -2.08. The molecule has 7 nitrogen and oxygen atoms in total. The fourth-order valence-corrected chi connectivity index (χ4v) is 3.40. The van der Waals surface area contributed by atoms with Gasteiger partial charge in [-0.1, -0.05) is 54.6 Å². The average molecular weight is 412 g/mol. The van der Waals surface area contributed by atoms with Crippen LogP contribution < -0.4 is 0 Å². The fraction of sp³-hybridized carbons (Fsp3) is 0.208. The van der Waals surface area contributed by atoms with E-state index in [2.05, 4.69) is 70.2 Å². The van der Waals surface area contributed by atoms with Gasteiger partial charge in [-0.05, 0) is 40.8 Å². The number of nitrogens with one attached hydrogen (secondary N) is 1. The molecule has 2 aromatic carbocycles. The Labute approximate surface area is 181 Å². The summed E-state index contributed by atoms with van der Waals surface area (Å²) in [6.45, 7) is 8.30. The molecule has 0 aliphatic heterocycles. The predicted molar refractivity (Wildman–Crippen MR) is 121 cm³/mol. The topological polar surface area (TPSA) is 85.2 Å². The maximum Gasteiger partial charge on any atom is 0.204 e. The fourth-order valence-electron chi connectivity index (χ4n) is 3.40. The third-order valence-electron chi connectivity index (χ3n) is 5.02. The second-order valence-corrected chi connectivity index (χ2v) is 7.27. The van der Waals surface area contributed by atoms with Crippen LogP contribution in [0.4, 0.5) is 0 Å². The van der Waals surface area contributed by atoms with Crippen LogP contribution in [0, 0.1) is 0 Å². The zero-order valence-corrected chi connectivity index (χ0v) is 17.4. The van der Waals surface area contributed by atoms with Crippen LogP contribution in [-0.2, 0) is 19.4 Å². The molecule has 156 valence electrons. The van der Waals surface area contributed by atoms with Crippen LogP contribution in [0.25, 0.3) is 22.5 Å². The number of rotatable bonds is 10. The van der Waals surface area contributed by atoms with Crippen molar-refractivity contribution in [3.63, 3.8) is 0 Å². The van der Waals surface area contributed by atoms with Crippen LogP contribution in [0.3, 0.4) is 0 Å². The van der Waals surface area contributed by atoms with E-state index in [1.165, 1.54) is 5.56 Å². The van der Waals surface area contributed by atoms with Gasteiger partial charge in [-0.15, -0.1) is 23.4 Å². The number of allylic oxidation sites excluding steroid dienone is 2. The largest absolute Gasteiger partial charge is 0.245 e. The number of aromatic nitrogens is 7. The zero-order valence-electron chi connectivity index (χ0n) is 17.4. The van der Waals surface area contributed by atoms with Gasteiger partial charge in [-0.2, -0.15) is 10.3 Å². The van der Waals surface area contributed by atoms with Gasteiger partial charge in [-0.3, -0.25) is 0 Å². The monoisotopic (exact) mass is 411 g/mol. The first kappa shape index (κ1) is 20.4. The minimum Gasteiger partial charge on any atom is -0.245 e. The van der Waals surface area contributed by atoms with E-state index in [0.717, 1.165) is 54.0 Å². The smallest absolute Gasteiger partial charge is 0.204 e. The highest BCUT2D eigenvalue weighted by molar-refractivity contribution is 5.70. The van der Waals surface area contributed by atoms with Gasteiger partial charge >= 0.3 is 0 Å². The summed E-state index contributed by atoms with van der Waals surface area (Å²) in [6, 6.07) is 16.7. The molecular weight excluding hydrogens is 386 g/mol. The average Bonchev–Trinajstić information content (AvgIpc) is 3.47. The molecule has 4 aromatic rings. The van der Waals surface area contributed by atoms with Crippen LogP contribution in [0.5, 0.6) is 0 Å². The summed E-state index contributed by atoms with van der Waals surface area (Å²) < 4.78 is 2.01. The molecule has 0 saturated heterocycles. The Morgan fingerprint density at radius 3 is 2.42 bits per heavy atom. The first-order chi connectivity index (χ1) is 15.3. The molecule has 2 heterocycles. The van der Waals surface area contributed by atoms with Crippen molar-refractivity contribution in [2.75, 3.05) is 0 Å². The van der Waals surface area contributed by atoms with E-state index in [-0.39, 0.29) is 0 Å². The minimum absolute atomic E-state index is 0.587. The maximum atomic E-state index is 4.72. The highest BCUT2D eigenvalue weighted by atomic mass is 15.5. The molecule has 7 heteroatoms. The lowest BCUT2D eigenvalue weighted by molar-refractivity contribution is 0.629. The number of aryl methyl sites for hydroxylation is 2. The van der Waals surface area contributed by atoms with E-state index in [1.54, 1.807) is 0 Å². The van der Waals surface area contributed by atoms with Crippen LogP contribution in [-0.4, -0.2) is 35.4 Å². The quantitative estimate of drug-likeness (QED) is 0.391. The number of H-pyrrole nitrogens is 1. The third-order valence-corrected chi connectivity index (χ3v) is 5.02. The molecule has 2 aromatic heterocycles. The van der Waals surface area contributed by atoms with Crippen LogP contribution in [0.2, 0.25) is 0 Å². The molecule has 0 atom stereocenters. The van der Waals surface area contributed by atoms with Crippen molar-refractivity contribution in [3.05, 3.63) is 91.1 Å². The Bertz CT molecular complexity index is 1140. The summed E-state index contributed by atoms with van der Waals surface area (Å²) >= 11 is 0. The first-order valence-electron chi connectivity index (χ1n) is 10.3. The maximum absolute atomic E-state index is 4.72. The molecule has 31 heavy (non-hydrogen) atoms. The molecular formula is C24H25N7. The van der Waals surface area contributed by atoms with Gasteiger partial charge in [0, 0.05) is 18.4 Å². The lowest BCUT2D eigenvalue weighted by Crippen LogP contribution is -2.07. The Morgan fingerprint density at radius 2 is 1.68 bits per heavy atom. The summed E-state index contributed by atoms with van der Waals surface area (Å²) in [5.74, 6) is 2.45. The van der Waals surface area contributed by atoms with E-state index in [4.69, 9.17) is 10.1 Å². The first-order valence-corrected chi connectivity index (χ1v) is 10.3. The highest BCUT2D eigenvalue weighted by Gasteiger charge is 2.10. The van der Waals surface area contributed by atoms with Crippen LogP contribution in [0.15, 0.2) is 73.8 Å². The van der Waals surface area contributed by atoms with Crippen molar-refractivity contribution in [3.8, 4) is 22.5 Å². The SMILES string of the molecule is C=CCCc1nc(CCC=C)n(Cc2ccc(-c3cccc(-c4nn[nH]n4)c3)cc2)n1. The Balaban J connectivity index is 1.52. The number of hydrogen-bond acceptors (Lipinski definition) is 5. The van der Waals surface area contributed by atoms with Gasteiger partial charge in [0.05, 0.1) is 6.54 Å². The molecule has 0 unspecified atom stereocenters. The summed E-state index contributed by atoms with van der Waals surface area (Å²) in [4.78, 5) is 4.72. The van der Waals surface area contributed by atoms with Crippen molar-refractivity contribution in [1.29, 1.82) is 0 Å². The van der Waals surface area contributed by atoms with E-state index in [0.29, 0.717) is 12.4 Å². The van der Waals surface area contributed by atoms with Gasteiger partial charge in [0.2, 0.25) is 5.82 Å². The molecule has 0 radical (unpaired) electrons. The van der Waals surface area contributed by atoms with Crippen molar-refractivity contribution in [1.82, 2.24) is 35.4 Å². The number of nitrogens with zero attached hydrogens (tertiary/aromatic N) is 6. The normalized spacial score (nSPS) is 10.8. The molecule has 0 fully saturated rings. The Morgan fingerprint density at radius 1 is 0.903 bits per heavy atom. The van der Waals surface area contributed by atoms with Crippen molar-refractivity contribution < 1.29 is 0 Å². The lowest BCUT2D eigenvalue weighted by atomic mass is 10.0. The highest BCUT2D eigenvalue weighted by Crippen LogP contribution is 2.24. The van der Waals surface area contributed by atoms with Crippen LogP contribution in [0.1, 0.15) is 30.1 Å². The van der Waals surface area contributed by atoms with Crippen molar-refractivity contribution in [2.24, 2.45) is 0 Å². The standard InChI is InChI=1S/C24H25N7/c1-3-5-10-22-25-23(11-6-4-2)31(28-22)17-18-12-14-19(15-13-18)20-8-7-9-21(16-20)24-26-29-30-27-24/h3-4,7-9,12-16H,1-2,5-6,10-11,17H2,(H,26,27,29,30). The second kappa shape index (κ2) is 9.75. The number of hydrogen-bond donors (Lipinski definition) is 1. The molecule has 0 aliphatic rings. The Hall–Kier alpha value is -3.87. The van der Waals surface area contributed by atoms with Gasteiger partial charge in [0.25, 0.3) is 0 Å². The molecule has 1 N–H and O–H groups in total. The molecule has 0 spiro atoms. The van der Waals surface area contributed by atoms with Gasteiger partial charge in [0.1, 0.15) is 5.82 Å². The van der Waals surface area contributed by atoms with Crippen LogP contribution >= 0.6 is 0 Å². The summed E-state index contributed by atoms with van der Waals surface area (Å²) in [7, 11) is 0. The molecule has 4 rings (SSSR count). The van der Waals surface area contributed by atoms with E-state index >= 15 is 0 Å². The Kier molecular flexibility index (Phi) is 6.42. The van der Waals surface area contributed by atoms with Crippen molar-refractivity contribution >= 4 is 0 Å². The predicted octanol–water partition coefficient (Wildman–Crippen LogP) is 4.41. The van der Waals surface area contributed by atoms with Gasteiger partial charge < -0.3 is 0 Å². The molecule has 0 saturated carbocycles. The minimum atomic E-state index is 0.587. The summed E-state index contributed by atoms with van der Waals surface area (Å²) in [6.07, 6.45) is 7.23. The summed E-state index contributed by atoms with van der Waals surface area (Å²) in [5, 5.41) is 19.0. The molecule has 0 aliphatic carbocycles.